The lowest BCUT2D eigenvalue weighted by Gasteiger charge is -2.21. The second-order valence-electron chi connectivity index (χ2n) is 4.27. The third kappa shape index (κ3) is 2.98. The van der Waals surface area contributed by atoms with Gasteiger partial charge in [-0.15, -0.1) is 0 Å². The molecule has 1 fully saturated rings. The summed E-state index contributed by atoms with van der Waals surface area (Å²) in [5.74, 6) is 0.388. The Balaban J connectivity index is 2.16. The number of benzene rings is 1. The lowest BCUT2D eigenvalue weighted by Crippen LogP contribution is -2.32. The molecule has 98 valence electrons. The van der Waals surface area contributed by atoms with Crippen molar-refractivity contribution in [1.29, 1.82) is 0 Å². The van der Waals surface area contributed by atoms with E-state index in [4.69, 9.17) is 4.74 Å². The van der Waals surface area contributed by atoms with E-state index in [2.05, 4.69) is 5.32 Å². The molecule has 1 saturated heterocycles. The van der Waals surface area contributed by atoms with Gasteiger partial charge in [-0.2, -0.15) is 0 Å². The molecule has 1 aromatic rings. The molecule has 0 atom stereocenters. The molecular formula is C13H17FN2O2. The standard InChI is InChI=1S/C13H17FN2O2/c1-18-12-3-2-11(14)8-10(12)9-16-7-6-15-5-4-13(16)17/h2-3,8,15H,4-7,9H2,1H3. The SMILES string of the molecule is COc1ccc(F)cc1CN1CCNCCC1=O. The maximum Gasteiger partial charge on any atom is 0.224 e. The van der Waals surface area contributed by atoms with Crippen LogP contribution >= 0.6 is 0 Å². The van der Waals surface area contributed by atoms with E-state index in [9.17, 15) is 9.18 Å². The average molecular weight is 252 g/mol. The van der Waals surface area contributed by atoms with E-state index in [1.807, 2.05) is 0 Å². The van der Waals surface area contributed by atoms with Gasteiger partial charge in [0.15, 0.2) is 0 Å². The molecule has 0 saturated carbocycles. The fourth-order valence-corrected chi connectivity index (χ4v) is 2.06. The molecule has 0 radical (unpaired) electrons. The zero-order valence-corrected chi connectivity index (χ0v) is 10.4. The molecule has 4 nitrogen and oxygen atoms in total. The molecule has 0 bridgehead atoms. The average Bonchev–Trinajstić information content (AvgIpc) is 2.55. The molecule has 5 heteroatoms. The monoisotopic (exact) mass is 252 g/mol. The number of amides is 1. The first-order valence-electron chi connectivity index (χ1n) is 6.01. The van der Waals surface area contributed by atoms with Gasteiger partial charge < -0.3 is 15.0 Å². The fraction of sp³-hybridized carbons (Fsp3) is 0.462. The number of nitrogens with zero attached hydrogens (tertiary/aromatic N) is 1. The van der Waals surface area contributed by atoms with Crippen molar-refractivity contribution in [3.8, 4) is 5.75 Å². The van der Waals surface area contributed by atoms with Crippen LogP contribution in [0.1, 0.15) is 12.0 Å². The van der Waals surface area contributed by atoms with Crippen molar-refractivity contribution in [1.82, 2.24) is 10.2 Å². The summed E-state index contributed by atoms with van der Waals surface area (Å²) >= 11 is 0. The molecule has 1 aromatic carbocycles. The minimum Gasteiger partial charge on any atom is -0.496 e. The van der Waals surface area contributed by atoms with E-state index in [-0.39, 0.29) is 11.7 Å². The van der Waals surface area contributed by atoms with Gasteiger partial charge in [0, 0.05) is 38.2 Å². The molecule has 1 aliphatic rings. The Bertz CT molecular complexity index is 437. The zero-order valence-electron chi connectivity index (χ0n) is 10.4. The summed E-state index contributed by atoms with van der Waals surface area (Å²) in [4.78, 5) is 13.6. The Morgan fingerprint density at radius 3 is 3.06 bits per heavy atom. The Morgan fingerprint density at radius 1 is 1.44 bits per heavy atom. The third-order valence-corrected chi connectivity index (χ3v) is 3.03. The molecule has 0 aliphatic carbocycles. The van der Waals surface area contributed by atoms with Crippen molar-refractivity contribution in [2.45, 2.75) is 13.0 Å². The number of carbonyl (C=O) groups excluding carboxylic acids is 1. The van der Waals surface area contributed by atoms with Crippen LogP contribution in [0.2, 0.25) is 0 Å². The van der Waals surface area contributed by atoms with Crippen LogP contribution in [-0.2, 0) is 11.3 Å². The van der Waals surface area contributed by atoms with E-state index >= 15 is 0 Å². The fourth-order valence-electron chi connectivity index (χ4n) is 2.06. The van der Waals surface area contributed by atoms with Crippen molar-refractivity contribution in [3.05, 3.63) is 29.6 Å². The molecule has 0 unspecified atom stereocenters. The highest BCUT2D eigenvalue weighted by Crippen LogP contribution is 2.21. The maximum atomic E-state index is 13.2. The van der Waals surface area contributed by atoms with Crippen LogP contribution in [-0.4, -0.2) is 37.6 Å². The third-order valence-electron chi connectivity index (χ3n) is 3.03. The quantitative estimate of drug-likeness (QED) is 0.877. The first kappa shape index (κ1) is 12.8. The summed E-state index contributed by atoms with van der Waals surface area (Å²) in [5.41, 5.74) is 0.702. The maximum absolute atomic E-state index is 13.2. The number of rotatable bonds is 3. The number of hydrogen-bond acceptors (Lipinski definition) is 3. The molecule has 1 N–H and O–H groups in total. The van der Waals surface area contributed by atoms with Crippen LogP contribution in [0.25, 0.3) is 0 Å². The minimum atomic E-state index is -0.314. The summed E-state index contributed by atoms with van der Waals surface area (Å²) in [7, 11) is 1.54. The highest BCUT2D eigenvalue weighted by molar-refractivity contribution is 5.76. The summed E-state index contributed by atoms with van der Waals surface area (Å²) in [6.45, 7) is 2.50. The Kier molecular flexibility index (Phi) is 4.15. The molecule has 0 spiro atoms. The normalized spacial score (nSPS) is 16.6. The van der Waals surface area contributed by atoms with Crippen LogP contribution in [0.5, 0.6) is 5.75 Å². The summed E-state index contributed by atoms with van der Waals surface area (Å²) in [6, 6.07) is 4.36. The van der Waals surface area contributed by atoms with Gasteiger partial charge in [0.05, 0.1) is 7.11 Å². The van der Waals surface area contributed by atoms with E-state index < -0.39 is 0 Å². The Morgan fingerprint density at radius 2 is 2.28 bits per heavy atom. The van der Waals surface area contributed by atoms with Crippen LogP contribution in [0.15, 0.2) is 18.2 Å². The van der Waals surface area contributed by atoms with Crippen molar-refractivity contribution in [2.75, 3.05) is 26.7 Å². The lowest BCUT2D eigenvalue weighted by atomic mass is 10.1. The number of hydrogen-bond donors (Lipinski definition) is 1. The minimum absolute atomic E-state index is 0.0892. The predicted molar refractivity (Wildman–Crippen MR) is 65.9 cm³/mol. The molecule has 1 heterocycles. The van der Waals surface area contributed by atoms with Gasteiger partial charge in [-0.05, 0) is 18.2 Å². The zero-order chi connectivity index (χ0) is 13.0. The largest absolute Gasteiger partial charge is 0.496 e. The molecule has 1 amide bonds. The Labute approximate surface area is 106 Å². The van der Waals surface area contributed by atoms with Gasteiger partial charge >= 0.3 is 0 Å². The summed E-state index contributed by atoms with van der Waals surface area (Å²) in [5, 5.41) is 3.17. The molecule has 18 heavy (non-hydrogen) atoms. The number of carbonyl (C=O) groups is 1. The number of halogens is 1. The second-order valence-corrected chi connectivity index (χ2v) is 4.27. The highest BCUT2D eigenvalue weighted by atomic mass is 19.1. The van der Waals surface area contributed by atoms with Gasteiger partial charge in [-0.25, -0.2) is 4.39 Å². The lowest BCUT2D eigenvalue weighted by molar-refractivity contribution is -0.130. The second kappa shape index (κ2) is 5.82. The van der Waals surface area contributed by atoms with Gasteiger partial charge in [0.2, 0.25) is 5.91 Å². The number of ether oxygens (including phenoxy) is 1. The van der Waals surface area contributed by atoms with Gasteiger partial charge in [-0.3, -0.25) is 4.79 Å². The van der Waals surface area contributed by atoms with E-state index in [0.29, 0.717) is 37.4 Å². The van der Waals surface area contributed by atoms with Crippen molar-refractivity contribution >= 4 is 5.91 Å². The first-order valence-corrected chi connectivity index (χ1v) is 6.01. The van der Waals surface area contributed by atoms with E-state index in [0.717, 1.165) is 6.54 Å². The van der Waals surface area contributed by atoms with E-state index in [1.165, 1.54) is 12.1 Å². The van der Waals surface area contributed by atoms with Gasteiger partial charge in [0.25, 0.3) is 0 Å². The van der Waals surface area contributed by atoms with Crippen molar-refractivity contribution in [2.24, 2.45) is 0 Å². The van der Waals surface area contributed by atoms with Crippen LogP contribution in [0, 0.1) is 5.82 Å². The Hall–Kier alpha value is -1.62. The van der Waals surface area contributed by atoms with Gasteiger partial charge in [0.1, 0.15) is 11.6 Å². The van der Waals surface area contributed by atoms with E-state index in [1.54, 1.807) is 18.1 Å². The molecule has 0 aromatic heterocycles. The highest BCUT2D eigenvalue weighted by Gasteiger charge is 2.18. The molecule has 1 aliphatic heterocycles. The smallest absolute Gasteiger partial charge is 0.224 e. The van der Waals surface area contributed by atoms with Crippen molar-refractivity contribution < 1.29 is 13.9 Å². The molecular weight excluding hydrogens is 235 g/mol. The van der Waals surface area contributed by atoms with Crippen LogP contribution in [0.3, 0.4) is 0 Å². The number of nitrogens with one attached hydrogen (secondary N) is 1. The first-order chi connectivity index (χ1) is 8.70. The topological polar surface area (TPSA) is 41.6 Å². The predicted octanol–water partition coefficient (Wildman–Crippen LogP) is 1.16. The summed E-state index contributed by atoms with van der Waals surface area (Å²) < 4.78 is 18.4. The van der Waals surface area contributed by atoms with Gasteiger partial charge in [-0.1, -0.05) is 0 Å². The number of methoxy groups -OCH3 is 1. The summed E-state index contributed by atoms with van der Waals surface area (Å²) in [6.07, 6.45) is 0.484. The van der Waals surface area contributed by atoms with Crippen LogP contribution < -0.4 is 10.1 Å². The van der Waals surface area contributed by atoms with Crippen molar-refractivity contribution in [3.63, 3.8) is 0 Å². The van der Waals surface area contributed by atoms with Crippen LogP contribution in [0.4, 0.5) is 4.39 Å². The molecule has 2 rings (SSSR count).